The molecule has 0 saturated carbocycles. The molecule has 1 aliphatic rings. The minimum atomic E-state index is 0.770. The third-order valence-corrected chi connectivity index (χ3v) is 2.47. The van der Waals surface area contributed by atoms with E-state index in [1.807, 2.05) is 0 Å². The summed E-state index contributed by atoms with van der Waals surface area (Å²) in [7, 11) is 0. The first-order valence-electron chi connectivity index (χ1n) is 3.65. The summed E-state index contributed by atoms with van der Waals surface area (Å²) in [4.78, 5) is 2.45. The quantitative estimate of drug-likeness (QED) is 0.536. The average Bonchev–Trinajstić information content (AvgIpc) is 2.34. The molecule has 1 saturated heterocycles. The molecule has 0 aromatic carbocycles. The number of halogens is 1. The molecule has 1 aliphatic heterocycles. The van der Waals surface area contributed by atoms with Gasteiger partial charge < -0.3 is 4.90 Å². The number of hydrogen-bond acceptors (Lipinski definition) is 1. The second kappa shape index (κ2) is 3.43. The smallest absolute Gasteiger partial charge is 0.0264 e. The van der Waals surface area contributed by atoms with E-state index in [4.69, 9.17) is 11.6 Å². The van der Waals surface area contributed by atoms with E-state index < -0.39 is 0 Å². The Morgan fingerprint density at radius 1 is 1.67 bits per heavy atom. The third kappa shape index (κ3) is 1.84. The van der Waals surface area contributed by atoms with Crippen LogP contribution in [0.2, 0.25) is 0 Å². The number of hydrogen-bond donors (Lipinski definition) is 0. The molecule has 0 unspecified atom stereocenters. The molecule has 0 aromatic heterocycles. The van der Waals surface area contributed by atoms with Crippen molar-refractivity contribution in [3.63, 3.8) is 0 Å². The van der Waals surface area contributed by atoms with Gasteiger partial charge in [-0.3, -0.25) is 0 Å². The maximum Gasteiger partial charge on any atom is 0.0264 e. The Morgan fingerprint density at radius 3 is 2.78 bits per heavy atom. The van der Waals surface area contributed by atoms with Crippen LogP contribution >= 0.6 is 11.6 Å². The van der Waals surface area contributed by atoms with Crippen LogP contribution in [0.15, 0.2) is 0 Å². The Hall–Kier alpha value is 0.250. The van der Waals surface area contributed by atoms with Crippen molar-refractivity contribution in [3.8, 4) is 0 Å². The van der Waals surface area contributed by atoms with Gasteiger partial charge >= 0.3 is 0 Å². The molecule has 2 heteroatoms. The van der Waals surface area contributed by atoms with Crippen LogP contribution in [0.4, 0.5) is 0 Å². The summed E-state index contributed by atoms with van der Waals surface area (Å²) in [6.45, 7) is 5.87. The molecule has 0 aromatic rings. The predicted molar refractivity (Wildman–Crippen MR) is 40.9 cm³/mol. The first-order chi connectivity index (χ1) is 4.36. The fourth-order valence-corrected chi connectivity index (χ4v) is 1.58. The first-order valence-corrected chi connectivity index (χ1v) is 4.18. The average molecular weight is 148 g/mol. The van der Waals surface area contributed by atoms with E-state index in [1.54, 1.807) is 0 Å². The van der Waals surface area contributed by atoms with E-state index in [2.05, 4.69) is 11.8 Å². The zero-order valence-electron chi connectivity index (χ0n) is 5.94. The molecule has 0 N–H and O–H groups in total. The van der Waals surface area contributed by atoms with Crippen LogP contribution in [-0.4, -0.2) is 30.4 Å². The number of likely N-dealkylation sites (tertiary alicyclic amines) is 1. The van der Waals surface area contributed by atoms with Crippen molar-refractivity contribution in [2.24, 2.45) is 5.92 Å². The maximum absolute atomic E-state index is 5.70. The highest BCUT2D eigenvalue weighted by Gasteiger charge is 2.19. The van der Waals surface area contributed by atoms with E-state index in [9.17, 15) is 0 Å². The Bertz CT molecular complexity index is 75.0. The van der Waals surface area contributed by atoms with E-state index in [0.717, 1.165) is 11.8 Å². The lowest BCUT2D eigenvalue weighted by Crippen LogP contribution is -2.19. The van der Waals surface area contributed by atoms with Gasteiger partial charge in [0.05, 0.1) is 0 Å². The molecular weight excluding hydrogens is 134 g/mol. The van der Waals surface area contributed by atoms with Crippen molar-refractivity contribution in [2.45, 2.75) is 13.3 Å². The highest BCUT2D eigenvalue weighted by Crippen LogP contribution is 2.16. The van der Waals surface area contributed by atoms with E-state index in [0.29, 0.717) is 0 Å². The summed E-state index contributed by atoms with van der Waals surface area (Å²) in [5, 5.41) is 0. The molecule has 54 valence electrons. The van der Waals surface area contributed by atoms with Crippen LogP contribution in [0, 0.1) is 5.92 Å². The molecule has 0 aliphatic carbocycles. The van der Waals surface area contributed by atoms with Gasteiger partial charge in [-0.1, -0.05) is 6.92 Å². The van der Waals surface area contributed by atoms with Crippen molar-refractivity contribution in [1.29, 1.82) is 0 Å². The van der Waals surface area contributed by atoms with Gasteiger partial charge in [0, 0.05) is 12.4 Å². The lowest BCUT2D eigenvalue weighted by atomic mass is 10.2. The number of nitrogens with zero attached hydrogens (tertiary/aromatic N) is 1. The van der Waals surface area contributed by atoms with E-state index in [-0.39, 0.29) is 0 Å². The summed E-state index contributed by atoms with van der Waals surface area (Å²) in [6, 6.07) is 0. The zero-order valence-corrected chi connectivity index (χ0v) is 6.69. The second-order valence-electron chi connectivity index (χ2n) is 2.70. The molecule has 1 heterocycles. The summed E-state index contributed by atoms with van der Waals surface area (Å²) < 4.78 is 0. The molecule has 1 nitrogen and oxygen atoms in total. The van der Waals surface area contributed by atoms with Crippen molar-refractivity contribution >= 4 is 11.6 Å². The Kier molecular flexibility index (Phi) is 2.80. The molecule has 1 rings (SSSR count). The Balaban J connectivity index is 2.20. The zero-order chi connectivity index (χ0) is 6.69. The van der Waals surface area contributed by atoms with Gasteiger partial charge in [0.15, 0.2) is 0 Å². The van der Waals surface area contributed by atoms with Crippen molar-refractivity contribution in [1.82, 2.24) is 4.90 Å². The largest absolute Gasteiger partial charge is 0.303 e. The molecule has 0 spiro atoms. The minimum absolute atomic E-state index is 0.770. The molecular formula is C7H14ClN. The SMILES string of the molecule is CCN1CC[C@@H](CCl)C1. The molecule has 0 amide bonds. The minimum Gasteiger partial charge on any atom is -0.303 e. The lowest BCUT2D eigenvalue weighted by Gasteiger charge is -2.10. The third-order valence-electron chi connectivity index (χ3n) is 2.04. The molecule has 1 atom stereocenters. The Morgan fingerprint density at radius 2 is 2.44 bits per heavy atom. The second-order valence-corrected chi connectivity index (χ2v) is 3.01. The molecule has 0 radical (unpaired) electrons. The van der Waals surface area contributed by atoms with Crippen LogP contribution < -0.4 is 0 Å². The highest BCUT2D eigenvalue weighted by molar-refractivity contribution is 6.18. The summed E-state index contributed by atoms with van der Waals surface area (Å²) in [5.41, 5.74) is 0. The van der Waals surface area contributed by atoms with Gasteiger partial charge in [0.25, 0.3) is 0 Å². The van der Waals surface area contributed by atoms with Crippen molar-refractivity contribution < 1.29 is 0 Å². The monoisotopic (exact) mass is 147 g/mol. The van der Waals surface area contributed by atoms with Crippen LogP contribution in [0.3, 0.4) is 0 Å². The molecule has 1 fully saturated rings. The fourth-order valence-electron chi connectivity index (χ4n) is 1.33. The van der Waals surface area contributed by atoms with Crippen LogP contribution in [0.25, 0.3) is 0 Å². The normalized spacial score (nSPS) is 29.3. The van der Waals surface area contributed by atoms with Gasteiger partial charge in [-0.15, -0.1) is 11.6 Å². The predicted octanol–water partition coefficient (Wildman–Crippen LogP) is 1.57. The molecule has 9 heavy (non-hydrogen) atoms. The number of rotatable bonds is 2. The molecule has 0 bridgehead atoms. The van der Waals surface area contributed by atoms with Crippen molar-refractivity contribution in [3.05, 3.63) is 0 Å². The van der Waals surface area contributed by atoms with E-state index >= 15 is 0 Å². The van der Waals surface area contributed by atoms with Crippen LogP contribution in [0.5, 0.6) is 0 Å². The van der Waals surface area contributed by atoms with Gasteiger partial charge in [-0.2, -0.15) is 0 Å². The fraction of sp³-hybridized carbons (Fsp3) is 1.00. The Labute approximate surface area is 62.0 Å². The summed E-state index contributed by atoms with van der Waals surface area (Å²) in [5.74, 6) is 1.61. The number of alkyl halides is 1. The van der Waals surface area contributed by atoms with Gasteiger partial charge in [-0.05, 0) is 25.4 Å². The topological polar surface area (TPSA) is 3.24 Å². The van der Waals surface area contributed by atoms with Crippen LogP contribution in [0.1, 0.15) is 13.3 Å². The van der Waals surface area contributed by atoms with E-state index in [1.165, 1.54) is 26.1 Å². The first kappa shape index (κ1) is 7.36. The maximum atomic E-state index is 5.70. The van der Waals surface area contributed by atoms with Gasteiger partial charge in [0.1, 0.15) is 0 Å². The van der Waals surface area contributed by atoms with Gasteiger partial charge in [-0.25, -0.2) is 0 Å². The standard InChI is InChI=1S/C7H14ClN/c1-2-9-4-3-7(5-8)6-9/h7H,2-6H2,1H3/t7-/m0/s1. The highest BCUT2D eigenvalue weighted by atomic mass is 35.5. The van der Waals surface area contributed by atoms with Crippen LogP contribution in [-0.2, 0) is 0 Å². The summed E-state index contributed by atoms with van der Waals surface area (Å²) >= 11 is 5.70. The van der Waals surface area contributed by atoms with Crippen molar-refractivity contribution in [2.75, 3.05) is 25.5 Å². The lowest BCUT2D eigenvalue weighted by molar-refractivity contribution is 0.347. The van der Waals surface area contributed by atoms with Gasteiger partial charge in [0.2, 0.25) is 0 Å². The summed E-state index contributed by atoms with van der Waals surface area (Å²) in [6.07, 6.45) is 1.30.